The molecule has 128 valence electrons. The van der Waals surface area contributed by atoms with Gasteiger partial charge in [0, 0.05) is 31.1 Å². The summed E-state index contributed by atoms with van der Waals surface area (Å²) in [6.07, 6.45) is 1.46. The molecule has 0 atom stereocenters. The summed E-state index contributed by atoms with van der Waals surface area (Å²) in [5.74, 6) is -1.72. The van der Waals surface area contributed by atoms with Gasteiger partial charge in [0.05, 0.1) is 11.3 Å². The summed E-state index contributed by atoms with van der Waals surface area (Å²) in [7, 11) is 3.33. The van der Waals surface area contributed by atoms with Crippen LogP contribution in [0.3, 0.4) is 0 Å². The number of halogens is 2. The normalized spacial score (nSPS) is 10.8. The lowest BCUT2D eigenvalue weighted by Crippen LogP contribution is -2.22. The molecule has 1 heterocycles. The molecule has 0 saturated heterocycles. The predicted octanol–water partition coefficient (Wildman–Crippen LogP) is 4.27. The lowest BCUT2D eigenvalue weighted by Gasteiger charge is -2.16. The van der Waals surface area contributed by atoms with Gasteiger partial charge < -0.3 is 10.2 Å². The smallest absolute Gasteiger partial charge is 0.255 e. The molecule has 0 bridgehead atoms. The summed E-state index contributed by atoms with van der Waals surface area (Å²) < 4.78 is 27.4. The maximum atomic E-state index is 14.0. The Morgan fingerprint density at radius 2 is 1.84 bits per heavy atom. The third-order valence-electron chi connectivity index (χ3n) is 3.96. The number of carbonyl (C=O) groups excluding carboxylic acids is 1. The SMILES string of the molecule is Cc1cccc2c(Nc3cccc(F)c3F)ncc(C(=O)N(C)C)c12. The van der Waals surface area contributed by atoms with Gasteiger partial charge in [-0.3, -0.25) is 4.79 Å². The van der Waals surface area contributed by atoms with E-state index >= 15 is 0 Å². The summed E-state index contributed by atoms with van der Waals surface area (Å²) in [5, 5.41) is 4.22. The van der Waals surface area contributed by atoms with Crippen LogP contribution in [0.15, 0.2) is 42.6 Å². The van der Waals surface area contributed by atoms with E-state index in [1.807, 2.05) is 19.1 Å². The number of amides is 1. The van der Waals surface area contributed by atoms with E-state index in [1.165, 1.54) is 23.2 Å². The minimum absolute atomic E-state index is 0.0120. The highest BCUT2D eigenvalue weighted by Gasteiger charge is 2.17. The summed E-state index contributed by atoms with van der Waals surface area (Å²) >= 11 is 0. The molecule has 1 N–H and O–H groups in total. The Morgan fingerprint density at radius 1 is 1.12 bits per heavy atom. The minimum Gasteiger partial charge on any atom is -0.345 e. The van der Waals surface area contributed by atoms with Gasteiger partial charge in [0.2, 0.25) is 0 Å². The standard InChI is InChI=1S/C19H17F2N3O/c1-11-6-4-7-12-16(11)13(19(25)24(2)3)10-22-18(12)23-15-9-5-8-14(20)17(15)21/h4-10H,1-3H3,(H,22,23). The number of benzene rings is 2. The largest absolute Gasteiger partial charge is 0.345 e. The monoisotopic (exact) mass is 341 g/mol. The van der Waals surface area contributed by atoms with Crippen molar-refractivity contribution in [2.24, 2.45) is 0 Å². The van der Waals surface area contributed by atoms with Crippen LogP contribution in [0.4, 0.5) is 20.3 Å². The van der Waals surface area contributed by atoms with Crippen LogP contribution >= 0.6 is 0 Å². The van der Waals surface area contributed by atoms with Crippen molar-refractivity contribution in [3.05, 3.63) is 65.4 Å². The summed E-state index contributed by atoms with van der Waals surface area (Å²) in [4.78, 5) is 18.2. The van der Waals surface area contributed by atoms with Crippen molar-refractivity contribution in [3.63, 3.8) is 0 Å². The minimum atomic E-state index is -0.974. The molecule has 0 aliphatic heterocycles. The number of hydrogen-bond donors (Lipinski definition) is 1. The first kappa shape index (κ1) is 16.8. The van der Waals surface area contributed by atoms with Crippen molar-refractivity contribution in [3.8, 4) is 0 Å². The van der Waals surface area contributed by atoms with Crippen molar-refractivity contribution in [1.82, 2.24) is 9.88 Å². The Bertz CT molecular complexity index is 970. The fourth-order valence-electron chi connectivity index (χ4n) is 2.72. The molecular weight excluding hydrogens is 324 g/mol. The van der Waals surface area contributed by atoms with Gasteiger partial charge in [-0.15, -0.1) is 0 Å². The van der Waals surface area contributed by atoms with Crippen LogP contribution in [0.5, 0.6) is 0 Å². The molecule has 0 unspecified atom stereocenters. The Labute approximate surface area is 144 Å². The molecule has 1 amide bonds. The number of carbonyl (C=O) groups is 1. The molecule has 4 nitrogen and oxygen atoms in total. The molecular formula is C19H17F2N3O. The number of nitrogens with zero attached hydrogens (tertiary/aromatic N) is 2. The lowest BCUT2D eigenvalue weighted by atomic mass is 10.0. The predicted molar refractivity (Wildman–Crippen MR) is 94.1 cm³/mol. The first-order valence-corrected chi connectivity index (χ1v) is 7.71. The van der Waals surface area contributed by atoms with Gasteiger partial charge in [-0.25, -0.2) is 13.8 Å². The van der Waals surface area contributed by atoms with Gasteiger partial charge in [0.25, 0.3) is 5.91 Å². The fourth-order valence-corrected chi connectivity index (χ4v) is 2.72. The Kier molecular flexibility index (Phi) is 4.35. The van der Waals surface area contributed by atoms with Crippen LogP contribution < -0.4 is 5.32 Å². The number of aryl methyl sites for hydroxylation is 1. The first-order valence-electron chi connectivity index (χ1n) is 7.71. The maximum Gasteiger partial charge on any atom is 0.255 e. The lowest BCUT2D eigenvalue weighted by molar-refractivity contribution is 0.0829. The quantitative estimate of drug-likeness (QED) is 0.774. The van der Waals surface area contributed by atoms with Crippen molar-refractivity contribution in [2.75, 3.05) is 19.4 Å². The van der Waals surface area contributed by atoms with Crippen LogP contribution in [0.25, 0.3) is 10.8 Å². The van der Waals surface area contributed by atoms with E-state index in [2.05, 4.69) is 10.3 Å². The number of rotatable bonds is 3. The number of anilines is 2. The van der Waals surface area contributed by atoms with E-state index in [1.54, 1.807) is 20.2 Å². The van der Waals surface area contributed by atoms with Crippen LogP contribution in [0.2, 0.25) is 0 Å². The van der Waals surface area contributed by atoms with E-state index in [9.17, 15) is 13.6 Å². The van der Waals surface area contributed by atoms with Gasteiger partial charge in [-0.2, -0.15) is 0 Å². The summed E-state index contributed by atoms with van der Waals surface area (Å²) in [5.41, 5.74) is 1.35. The first-order chi connectivity index (χ1) is 11.9. The number of fused-ring (bicyclic) bond motifs is 1. The Balaban J connectivity index is 2.18. The molecule has 0 saturated carbocycles. The van der Waals surface area contributed by atoms with E-state index < -0.39 is 11.6 Å². The molecule has 0 radical (unpaired) electrons. The van der Waals surface area contributed by atoms with Crippen LogP contribution in [0, 0.1) is 18.6 Å². The van der Waals surface area contributed by atoms with Crippen LogP contribution in [-0.4, -0.2) is 29.9 Å². The Morgan fingerprint density at radius 3 is 2.56 bits per heavy atom. The average Bonchev–Trinajstić information content (AvgIpc) is 2.59. The summed E-state index contributed by atoms with van der Waals surface area (Å²) in [6.45, 7) is 1.89. The van der Waals surface area contributed by atoms with Crippen molar-refractivity contribution < 1.29 is 13.6 Å². The molecule has 25 heavy (non-hydrogen) atoms. The molecule has 2 aromatic carbocycles. The van der Waals surface area contributed by atoms with Gasteiger partial charge >= 0.3 is 0 Å². The molecule has 3 aromatic rings. The molecule has 0 fully saturated rings. The molecule has 1 aromatic heterocycles. The second kappa shape index (κ2) is 6.47. The van der Waals surface area contributed by atoms with E-state index in [0.717, 1.165) is 17.0 Å². The third-order valence-corrected chi connectivity index (χ3v) is 3.96. The highest BCUT2D eigenvalue weighted by Crippen LogP contribution is 2.31. The third kappa shape index (κ3) is 3.03. The second-order valence-corrected chi connectivity index (χ2v) is 5.94. The zero-order chi connectivity index (χ0) is 18.1. The summed E-state index contributed by atoms with van der Waals surface area (Å²) in [6, 6.07) is 9.41. The molecule has 6 heteroatoms. The van der Waals surface area contributed by atoms with Crippen LogP contribution in [-0.2, 0) is 0 Å². The van der Waals surface area contributed by atoms with Gasteiger partial charge in [-0.1, -0.05) is 24.3 Å². The van der Waals surface area contributed by atoms with Crippen molar-refractivity contribution >= 4 is 28.2 Å². The van der Waals surface area contributed by atoms with Crippen molar-refractivity contribution in [1.29, 1.82) is 0 Å². The number of nitrogens with one attached hydrogen (secondary N) is 1. The zero-order valence-corrected chi connectivity index (χ0v) is 14.1. The number of aromatic nitrogens is 1. The van der Waals surface area contributed by atoms with E-state index in [0.29, 0.717) is 16.8 Å². The van der Waals surface area contributed by atoms with Gasteiger partial charge in [0.15, 0.2) is 11.6 Å². The second-order valence-electron chi connectivity index (χ2n) is 5.94. The van der Waals surface area contributed by atoms with E-state index in [4.69, 9.17) is 0 Å². The zero-order valence-electron chi connectivity index (χ0n) is 14.1. The number of hydrogen-bond acceptors (Lipinski definition) is 3. The Hall–Kier alpha value is -3.02. The average molecular weight is 341 g/mol. The maximum absolute atomic E-state index is 14.0. The fraction of sp³-hybridized carbons (Fsp3) is 0.158. The van der Waals surface area contributed by atoms with Gasteiger partial charge in [-0.05, 0) is 24.6 Å². The van der Waals surface area contributed by atoms with E-state index in [-0.39, 0.29) is 11.6 Å². The number of pyridine rings is 1. The molecule has 3 rings (SSSR count). The van der Waals surface area contributed by atoms with Crippen LogP contribution in [0.1, 0.15) is 15.9 Å². The molecule has 0 spiro atoms. The topological polar surface area (TPSA) is 45.2 Å². The molecule has 0 aliphatic carbocycles. The molecule has 0 aliphatic rings. The highest BCUT2D eigenvalue weighted by molar-refractivity contribution is 6.10. The van der Waals surface area contributed by atoms with Crippen molar-refractivity contribution in [2.45, 2.75) is 6.92 Å². The van der Waals surface area contributed by atoms with Gasteiger partial charge in [0.1, 0.15) is 5.82 Å². The highest BCUT2D eigenvalue weighted by atomic mass is 19.2.